The second kappa shape index (κ2) is 4.37. The lowest BCUT2D eigenvalue weighted by Crippen LogP contribution is -2.27. The first-order valence-corrected chi connectivity index (χ1v) is 5.26. The number of nitrogens with zero attached hydrogens (tertiary/aromatic N) is 2. The van der Waals surface area contributed by atoms with Crippen LogP contribution in [0.5, 0.6) is 0 Å². The highest BCUT2D eigenvalue weighted by Crippen LogP contribution is 2.29. The van der Waals surface area contributed by atoms with E-state index >= 15 is 0 Å². The van der Waals surface area contributed by atoms with Crippen LogP contribution in [-0.2, 0) is 0 Å². The van der Waals surface area contributed by atoms with Gasteiger partial charge < -0.3 is 0 Å². The zero-order chi connectivity index (χ0) is 12.6. The van der Waals surface area contributed by atoms with Crippen molar-refractivity contribution >= 4 is 0 Å². The van der Waals surface area contributed by atoms with Crippen LogP contribution in [0.1, 0.15) is 11.5 Å². The van der Waals surface area contributed by atoms with Crippen LogP contribution < -0.4 is 0 Å². The predicted octanol–water partition coefficient (Wildman–Crippen LogP) is 1.64. The molecular formula is C11H12F2N2O2. The Morgan fingerprint density at radius 1 is 1.35 bits per heavy atom. The first kappa shape index (κ1) is 11.9. The van der Waals surface area contributed by atoms with E-state index in [2.05, 4.69) is 0 Å². The first-order chi connectivity index (χ1) is 7.99. The Morgan fingerprint density at radius 2 is 2.06 bits per heavy atom. The van der Waals surface area contributed by atoms with Gasteiger partial charge in [-0.3, -0.25) is 15.0 Å². The van der Waals surface area contributed by atoms with Gasteiger partial charge in [-0.25, -0.2) is 8.78 Å². The molecular weight excluding hydrogens is 230 g/mol. The Bertz CT molecular complexity index is 453. The number of halogens is 2. The fourth-order valence-corrected chi connectivity index (χ4v) is 2.26. The molecule has 2 atom stereocenters. The monoisotopic (exact) mass is 242 g/mol. The van der Waals surface area contributed by atoms with Gasteiger partial charge in [0.25, 0.3) is 0 Å². The van der Waals surface area contributed by atoms with E-state index in [0.29, 0.717) is 18.7 Å². The lowest BCUT2D eigenvalue weighted by atomic mass is 9.94. The third-order valence-electron chi connectivity index (χ3n) is 3.11. The van der Waals surface area contributed by atoms with Gasteiger partial charge in [0.1, 0.15) is 0 Å². The van der Waals surface area contributed by atoms with Crippen LogP contribution >= 0.6 is 0 Å². The molecule has 1 aromatic rings. The third-order valence-corrected chi connectivity index (χ3v) is 3.11. The van der Waals surface area contributed by atoms with E-state index in [1.54, 1.807) is 7.05 Å². The highest BCUT2D eigenvalue weighted by molar-refractivity contribution is 5.24. The summed E-state index contributed by atoms with van der Waals surface area (Å²) >= 11 is 0. The SMILES string of the molecule is CN1CC(c2ccc(F)c(F)c2)C([N+](=O)[O-])C1. The quantitative estimate of drug-likeness (QED) is 0.585. The topological polar surface area (TPSA) is 46.4 Å². The number of hydrogen-bond donors (Lipinski definition) is 0. The molecule has 0 aliphatic carbocycles. The molecule has 2 rings (SSSR count). The molecule has 0 N–H and O–H groups in total. The molecule has 0 aromatic heterocycles. The van der Waals surface area contributed by atoms with Crippen molar-refractivity contribution in [1.82, 2.24) is 4.90 Å². The molecule has 0 spiro atoms. The van der Waals surface area contributed by atoms with Crippen LogP contribution in [0.3, 0.4) is 0 Å². The maximum absolute atomic E-state index is 13.1. The van der Waals surface area contributed by atoms with Crippen molar-refractivity contribution in [2.75, 3.05) is 20.1 Å². The number of benzene rings is 1. The maximum atomic E-state index is 13.1. The Morgan fingerprint density at radius 3 is 2.65 bits per heavy atom. The fraction of sp³-hybridized carbons (Fsp3) is 0.455. The fourth-order valence-electron chi connectivity index (χ4n) is 2.26. The van der Waals surface area contributed by atoms with Crippen molar-refractivity contribution in [2.45, 2.75) is 12.0 Å². The summed E-state index contributed by atoms with van der Waals surface area (Å²) in [5, 5.41) is 10.9. The molecule has 4 nitrogen and oxygen atoms in total. The highest BCUT2D eigenvalue weighted by Gasteiger charge is 2.40. The lowest BCUT2D eigenvalue weighted by Gasteiger charge is -2.12. The van der Waals surface area contributed by atoms with Crippen molar-refractivity contribution in [1.29, 1.82) is 0 Å². The zero-order valence-electron chi connectivity index (χ0n) is 9.27. The lowest BCUT2D eigenvalue weighted by molar-refractivity contribution is -0.521. The van der Waals surface area contributed by atoms with E-state index in [-0.39, 0.29) is 10.8 Å². The van der Waals surface area contributed by atoms with Crippen LogP contribution in [-0.4, -0.2) is 36.0 Å². The minimum absolute atomic E-state index is 0.330. The van der Waals surface area contributed by atoms with Gasteiger partial charge >= 0.3 is 0 Å². The molecule has 17 heavy (non-hydrogen) atoms. The van der Waals surface area contributed by atoms with Crippen molar-refractivity contribution in [2.24, 2.45) is 0 Å². The molecule has 6 heteroatoms. The van der Waals surface area contributed by atoms with Gasteiger partial charge in [-0.2, -0.15) is 0 Å². The summed E-state index contributed by atoms with van der Waals surface area (Å²) in [5.74, 6) is -2.28. The smallest absolute Gasteiger partial charge is 0.233 e. The summed E-state index contributed by atoms with van der Waals surface area (Å²) in [6, 6.07) is 2.72. The minimum Gasteiger partial charge on any atom is -0.299 e. The summed E-state index contributed by atoms with van der Waals surface area (Å²) < 4.78 is 25.9. The van der Waals surface area contributed by atoms with E-state index in [1.807, 2.05) is 4.90 Å². The Hall–Kier alpha value is -1.56. The average molecular weight is 242 g/mol. The molecule has 92 valence electrons. The summed E-state index contributed by atoms with van der Waals surface area (Å²) in [6.45, 7) is 0.813. The van der Waals surface area contributed by atoms with Crippen molar-refractivity contribution in [3.8, 4) is 0 Å². The van der Waals surface area contributed by atoms with Crippen LogP contribution in [0.2, 0.25) is 0 Å². The number of likely N-dealkylation sites (N-methyl/N-ethyl adjacent to an activating group) is 1. The van der Waals surface area contributed by atoms with Crippen LogP contribution in [0.15, 0.2) is 18.2 Å². The molecule has 0 radical (unpaired) electrons. The van der Waals surface area contributed by atoms with Gasteiger partial charge in [-0.05, 0) is 24.7 Å². The van der Waals surface area contributed by atoms with Gasteiger partial charge in [-0.15, -0.1) is 0 Å². The molecule has 1 fully saturated rings. The maximum Gasteiger partial charge on any atom is 0.233 e. The second-order valence-corrected chi connectivity index (χ2v) is 4.35. The standard InChI is InChI=1S/C11H12F2N2O2/c1-14-5-8(11(6-14)15(16)17)7-2-3-9(12)10(13)4-7/h2-4,8,11H,5-6H2,1H3. The number of likely N-dealkylation sites (tertiary alicyclic amines) is 1. The van der Waals surface area contributed by atoms with E-state index in [0.717, 1.165) is 12.1 Å². The first-order valence-electron chi connectivity index (χ1n) is 5.26. The largest absolute Gasteiger partial charge is 0.299 e. The van der Waals surface area contributed by atoms with Gasteiger partial charge in [0.05, 0.1) is 12.5 Å². The van der Waals surface area contributed by atoms with Gasteiger partial charge in [0.15, 0.2) is 11.6 Å². The zero-order valence-corrected chi connectivity index (χ0v) is 9.27. The Balaban J connectivity index is 2.31. The average Bonchev–Trinajstić information content (AvgIpc) is 2.64. The minimum atomic E-state index is -0.959. The Labute approximate surface area is 97.0 Å². The van der Waals surface area contributed by atoms with Crippen molar-refractivity contribution in [3.63, 3.8) is 0 Å². The van der Waals surface area contributed by atoms with E-state index in [1.165, 1.54) is 6.07 Å². The molecule has 1 heterocycles. The van der Waals surface area contributed by atoms with Crippen LogP contribution in [0.25, 0.3) is 0 Å². The summed E-state index contributed by atoms with van der Waals surface area (Å²) in [6.07, 6.45) is 0. The predicted molar refractivity (Wildman–Crippen MR) is 57.4 cm³/mol. The summed E-state index contributed by atoms with van der Waals surface area (Å²) in [4.78, 5) is 12.4. The normalized spacial score (nSPS) is 25.1. The van der Waals surface area contributed by atoms with E-state index in [9.17, 15) is 18.9 Å². The van der Waals surface area contributed by atoms with Crippen LogP contribution in [0, 0.1) is 21.7 Å². The van der Waals surface area contributed by atoms with Crippen molar-refractivity contribution < 1.29 is 13.7 Å². The molecule has 0 amide bonds. The van der Waals surface area contributed by atoms with Gasteiger partial charge in [-0.1, -0.05) is 6.07 Å². The molecule has 1 aliphatic rings. The molecule has 1 aliphatic heterocycles. The van der Waals surface area contributed by atoms with Gasteiger partial charge in [0, 0.05) is 11.5 Å². The molecule has 1 saturated heterocycles. The third kappa shape index (κ3) is 2.26. The van der Waals surface area contributed by atoms with E-state index in [4.69, 9.17) is 0 Å². The molecule has 0 bridgehead atoms. The number of rotatable bonds is 2. The molecule has 2 unspecified atom stereocenters. The van der Waals surface area contributed by atoms with Crippen molar-refractivity contribution in [3.05, 3.63) is 45.5 Å². The van der Waals surface area contributed by atoms with E-state index < -0.39 is 17.7 Å². The van der Waals surface area contributed by atoms with Crippen LogP contribution in [0.4, 0.5) is 8.78 Å². The summed E-state index contributed by atoms with van der Waals surface area (Å²) in [7, 11) is 1.77. The Kier molecular flexibility index (Phi) is 3.06. The number of nitro groups is 1. The molecule has 0 saturated carbocycles. The summed E-state index contributed by atoms with van der Waals surface area (Å²) in [5.41, 5.74) is 0.481. The highest BCUT2D eigenvalue weighted by atomic mass is 19.2. The second-order valence-electron chi connectivity index (χ2n) is 4.35. The molecule has 1 aromatic carbocycles. The van der Waals surface area contributed by atoms with Gasteiger partial charge in [0.2, 0.25) is 6.04 Å². The number of hydrogen-bond acceptors (Lipinski definition) is 3.